The molecule has 178 valence electrons. The van der Waals surface area contributed by atoms with Crippen molar-refractivity contribution in [3.8, 4) is 34.4 Å². The van der Waals surface area contributed by atoms with Crippen LogP contribution in [0, 0.1) is 0 Å². The van der Waals surface area contributed by atoms with E-state index in [2.05, 4.69) is 10.3 Å². The molecule has 10 heteroatoms. The number of aromatic nitrogens is 3. The van der Waals surface area contributed by atoms with Crippen molar-refractivity contribution < 1.29 is 23.7 Å². The Labute approximate surface area is 197 Å². The first kappa shape index (κ1) is 23.0. The molecule has 3 aromatic rings. The van der Waals surface area contributed by atoms with Gasteiger partial charge < -0.3 is 30.0 Å². The van der Waals surface area contributed by atoms with Gasteiger partial charge in [-0.15, -0.1) is 5.10 Å². The van der Waals surface area contributed by atoms with E-state index in [0.29, 0.717) is 52.6 Å². The molecule has 0 bridgehead atoms. The Morgan fingerprint density at radius 2 is 1.71 bits per heavy atom. The molecular formula is C24H27N5O5. The van der Waals surface area contributed by atoms with Gasteiger partial charge >= 0.3 is 0 Å². The lowest BCUT2D eigenvalue weighted by Crippen LogP contribution is -2.31. The summed E-state index contributed by atoms with van der Waals surface area (Å²) in [5.41, 5.74) is 8.25. The van der Waals surface area contributed by atoms with Crippen LogP contribution in [0.25, 0.3) is 11.4 Å². The molecule has 1 atom stereocenters. The van der Waals surface area contributed by atoms with Crippen LogP contribution < -0.4 is 30.0 Å². The fraction of sp³-hybridized carbons (Fsp3) is 0.292. The summed E-state index contributed by atoms with van der Waals surface area (Å²) in [7, 11) is 4.71. The summed E-state index contributed by atoms with van der Waals surface area (Å²) >= 11 is 0. The zero-order chi connectivity index (χ0) is 24.4. The second-order valence-electron chi connectivity index (χ2n) is 7.55. The number of amides is 1. The van der Waals surface area contributed by atoms with E-state index in [0.717, 1.165) is 11.1 Å². The second kappa shape index (κ2) is 9.34. The number of fused-ring (bicyclic) bond motifs is 1. The summed E-state index contributed by atoms with van der Waals surface area (Å²) in [5, 5.41) is 7.87. The lowest BCUT2D eigenvalue weighted by Gasteiger charge is -2.28. The van der Waals surface area contributed by atoms with Crippen LogP contribution in [0.4, 0.5) is 5.95 Å². The lowest BCUT2D eigenvalue weighted by atomic mass is 9.95. The topological polar surface area (TPSA) is 123 Å². The Kier molecular flexibility index (Phi) is 6.31. The fourth-order valence-electron chi connectivity index (χ4n) is 4.00. The number of allylic oxidation sites excluding steroid dienone is 1. The molecule has 0 fully saturated rings. The Balaban J connectivity index is 1.85. The number of ether oxygens (including phenoxy) is 4. The number of benzene rings is 2. The van der Waals surface area contributed by atoms with Crippen LogP contribution in [-0.2, 0) is 4.79 Å². The van der Waals surface area contributed by atoms with Gasteiger partial charge in [-0.3, -0.25) is 4.79 Å². The fourth-order valence-corrected chi connectivity index (χ4v) is 4.00. The molecule has 10 nitrogen and oxygen atoms in total. The number of hydrogen-bond acceptors (Lipinski definition) is 8. The van der Waals surface area contributed by atoms with E-state index < -0.39 is 11.9 Å². The average Bonchev–Trinajstić information content (AvgIpc) is 3.26. The number of nitrogens with one attached hydrogen (secondary N) is 1. The predicted octanol–water partition coefficient (Wildman–Crippen LogP) is 3.14. The molecule has 1 aliphatic heterocycles. The minimum Gasteiger partial charge on any atom is -0.493 e. The highest BCUT2D eigenvalue weighted by Gasteiger charge is 2.34. The number of rotatable bonds is 8. The Bertz CT molecular complexity index is 1270. The van der Waals surface area contributed by atoms with E-state index in [1.807, 2.05) is 25.1 Å². The standard InChI is InChI=1S/C24H27N5O5/c1-6-34-17-10-7-14(11-19(17)33-5)21-20(22(25)30)13(2)26-24-27-23(28-29(21)24)15-8-9-16(31-3)18(12-15)32-4/h7-12,21H,6H2,1-5H3,(H2,25,30)(H,26,27,28)/t21-/m1/s1. The molecule has 0 saturated carbocycles. The molecule has 3 N–H and O–H groups in total. The summed E-state index contributed by atoms with van der Waals surface area (Å²) in [6.07, 6.45) is 0. The number of nitrogens with zero attached hydrogens (tertiary/aromatic N) is 3. The van der Waals surface area contributed by atoms with E-state index in [1.54, 1.807) is 51.1 Å². The van der Waals surface area contributed by atoms with Gasteiger partial charge in [-0.2, -0.15) is 4.98 Å². The molecule has 0 radical (unpaired) electrons. The SMILES string of the molecule is CCOc1ccc([C@@H]2C(C(N)=O)=C(C)Nc3nc(-c4ccc(OC)c(OC)c4)nn32)cc1OC. The molecule has 1 amide bonds. The number of hydrogen-bond donors (Lipinski definition) is 2. The van der Waals surface area contributed by atoms with Crippen molar-refractivity contribution >= 4 is 11.9 Å². The van der Waals surface area contributed by atoms with Gasteiger partial charge in [0, 0.05) is 11.3 Å². The maximum atomic E-state index is 12.5. The number of carbonyl (C=O) groups is 1. The third kappa shape index (κ3) is 3.98. The summed E-state index contributed by atoms with van der Waals surface area (Å²) in [5.74, 6) is 2.67. The largest absolute Gasteiger partial charge is 0.493 e. The first-order valence-corrected chi connectivity index (χ1v) is 10.7. The van der Waals surface area contributed by atoms with Crippen molar-refractivity contribution in [2.75, 3.05) is 33.3 Å². The lowest BCUT2D eigenvalue weighted by molar-refractivity contribution is -0.115. The zero-order valence-electron chi connectivity index (χ0n) is 19.7. The molecule has 1 aliphatic rings. The Morgan fingerprint density at radius 3 is 2.35 bits per heavy atom. The monoisotopic (exact) mass is 465 g/mol. The number of anilines is 1. The highest BCUT2D eigenvalue weighted by atomic mass is 16.5. The molecule has 0 unspecified atom stereocenters. The number of nitrogens with two attached hydrogens (primary N) is 1. The van der Waals surface area contributed by atoms with Crippen molar-refractivity contribution in [1.29, 1.82) is 0 Å². The van der Waals surface area contributed by atoms with Crippen LogP contribution in [0.2, 0.25) is 0 Å². The van der Waals surface area contributed by atoms with Gasteiger partial charge in [0.15, 0.2) is 28.8 Å². The molecule has 1 aromatic heterocycles. The van der Waals surface area contributed by atoms with Crippen molar-refractivity contribution in [2.24, 2.45) is 5.73 Å². The molecule has 2 heterocycles. The third-order valence-corrected chi connectivity index (χ3v) is 5.56. The molecule has 2 aromatic carbocycles. The van der Waals surface area contributed by atoms with Crippen molar-refractivity contribution in [3.05, 3.63) is 53.2 Å². The van der Waals surface area contributed by atoms with E-state index in [4.69, 9.17) is 29.8 Å². The molecule has 0 saturated heterocycles. The number of methoxy groups -OCH3 is 3. The van der Waals surface area contributed by atoms with Crippen molar-refractivity contribution in [1.82, 2.24) is 14.8 Å². The highest BCUT2D eigenvalue weighted by Crippen LogP contribution is 2.40. The van der Waals surface area contributed by atoms with Crippen LogP contribution in [0.5, 0.6) is 23.0 Å². The maximum absolute atomic E-state index is 12.5. The summed E-state index contributed by atoms with van der Waals surface area (Å²) in [6, 6.07) is 10.3. The van der Waals surface area contributed by atoms with E-state index in [1.165, 1.54) is 0 Å². The van der Waals surface area contributed by atoms with Gasteiger partial charge in [-0.05, 0) is 49.7 Å². The van der Waals surface area contributed by atoms with E-state index in [-0.39, 0.29) is 0 Å². The molecule has 34 heavy (non-hydrogen) atoms. The average molecular weight is 466 g/mol. The molecular weight excluding hydrogens is 438 g/mol. The number of primary amides is 1. The van der Waals surface area contributed by atoms with Gasteiger partial charge in [-0.25, -0.2) is 4.68 Å². The first-order valence-electron chi connectivity index (χ1n) is 10.7. The predicted molar refractivity (Wildman–Crippen MR) is 126 cm³/mol. The van der Waals surface area contributed by atoms with Crippen LogP contribution in [0.15, 0.2) is 47.7 Å². The van der Waals surface area contributed by atoms with Gasteiger partial charge in [0.05, 0.1) is 33.5 Å². The zero-order valence-corrected chi connectivity index (χ0v) is 19.7. The second-order valence-corrected chi connectivity index (χ2v) is 7.55. The normalized spacial score (nSPS) is 14.8. The number of carbonyl (C=O) groups excluding carboxylic acids is 1. The first-order chi connectivity index (χ1) is 16.4. The van der Waals surface area contributed by atoms with Gasteiger partial charge in [-0.1, -0.05) is 6.07 Å². The summed E-state index contributed by atoms with van der Waals surface area (Å²) in [4.78, 5) is 17.2. The maximum Gasteiger partial charge on any atom is 0.248 e. The summed E-state index contributed by atoms with van der Waals surface area (Å²) < 4.78 is 23.5. The van der Waals surface area contributed by atoms with Crippen LogP contribution in [-0.4, -0.2) is 48.6 Å². The van der Waals surface area contributed by atoms with Gasteiger partial charge in [0.1, 0.15) is 6.04 Å². The Morgan fingerprint density at radius 1 is 1.03 bits per heavy atom. The van der Waals surface area contributed by atoms with E-state index in [9.17, 15) is 4.79 Å². The highest BCUT2D eigenvalue weighted by molar-refractivity contribution is 5.95. The van der Waals surface area contributed by atoms with Crippen LogP contribution >= 0.6 is 0 Å². The minimum atomic E-state index is -0.611. The summed E-state index contributed by atoms with van der Waals surface area (Å²) in [6.45, 7) is 4.18. The van der Waals surface area contributed by atoms with Crippen LogP contribution in [0.1, 0.15) is 25.5 Å². The quantitative estimate of drug-likeness (QED) is 0.520. The molecule has 4 rings (SSSR count). The molecule has 0 spiro atoms. The van der Waals surface area contributed by atoms with Crippen molar-refractivity contribution in [2.45, 2.75) is 19.9 Å². The van der Waals surface area contributed by atoms with Gasteiger partial charge in [0.25, 0.3) is 0 Å². The molecule has 0 aliphatic carbocycles. The van der Waals surface area contributed by atoms with Gasteiger partial charge in [0.2, 0.25) is 11.9 Å². The van der Waals surface area contributed by atoms with E-state index >= 15 is 0 Å². The minimum absolute atomic E-state index is 0.377. The smallest absolute Gasteiger partial charge is 0.248 e. The van der Waals surface area contributed by atoms with Crippen LogP contribution in [0.3, 0.4) is 0 Å². The van der Waals surface area contributed by atoms with Crippen molar-refractivity contribution in [3.63, 3.8) is 0 Å². The Hall–Kier alpha value is -4.21. The third-order valence-electron chi connectivity index (χ3n) is 5.56.